The number of anilines is 3. The number of rotatable bonds is 9. The third-order valence-corrected chi connectivity index (χ3v) is 9.01. The molecule has 4 aromatic rings. The van der Waals surface area contributed by atoms with Gasteiger partial charge in [0.05, 0.1) is 17.0 Å². The monoisotopic (exact) mass is 658 g/mol. The average Bonchev–Trinajstić information content (AvgIpc) is 3.02. The van der Waals surface area contributed by atoms with E-state index in [1.165, 1.54) is 36.4 Å². The maximum atomic E-state index is 13.0. The van der Waals surface area contributed by atoms with E-state index in [-0.39, 0.29) is 33.5 Å². The van der Waals surface area contributed by atoms with Crippen LogP contribution in [0.2, 0.25) is 5.02 Å². The van der Waals surface area contributed by atoms with Crippen molar-refractivity contribution < 1.29 is 31.5 Å². The molecule has 1 aliphatic rings. The van der Waals surface area contributed by atoms with Crippen LogP contribution in [0.4, 0.5) is 30.2 Å². The number of benzene rings is 4. The molecule has 1 fully saturated rings. The van der Waals surface area contributed by atoms with Gasteiger partial charge in [-0.2, -0.15) is 13.2 Å². The number of aromatic hydroxyl groups is 1. The molecule has 0 spiro atoms. The maximum absolute atomic E-state index is 13.0. The molecule has 8 nitrogen and oxygen atoms in total. The first kappa shape index (κ1) is 32.1. The van der Waals surface area contributed by atoms with Crippen LogP contribution in [0.25, 0.3) is 11.1 Å². The fraction of sp³-hybridized carbons (Fsp3) is 0.219. The predicted octanol–water partition coefficient (Wildman–Crippen LogP) is 6.55. The molecule has 0 aliphatic carbocycles. The number of nitrogens with zero attached hydrogens (tertiary/aromatic N) is 2. The summed E-state index contributed by atoms with van der Waals surface area (Å²) in [4.78, 5) is 17.2. The van der Waals surface area contributed by atoms with Crippen LogP contribution in [0.3, 0.4) is 0 Å². The Morgan fingerprint density at radius 1 is 0.889 bits per heavy atom. The second-order valence-electron chi connectivity index (χ2n) is 10.5. The summed E-state index contributed by atoms with van der Waals surface area (Å²) >= 11 is 6.09. The Labute approximate surface area is 264 Å². The lowest BCUT2D eigenvalue weighted by molar-refractivity contribution is -0.137. The minimum absolute atomic E-state index is 0.0750. The largest absolute Gasteiger partial charge is 0.506 e. The molecule has 0 unspecified atom stereocenters. The molecule has 0 radical (unpaired) electrons. The van der Waals surface area contributed by atoms with Gasteiger partial charge in [-0.1, -0.05) is 48.0 Å². The van der Waals surface area contributed by atoms with Gasteiger partial charge in [0, 0.05) is 60.2 Å². The number of hydrogen-bond donors (Lipinski definition) is 3. The number of amides is 1. The van der Waals surface area contributed by atoms with Crippen LogP contribution in [-0.2, 0) is 16.2 Å². The van der Waals surface area contributed by atoms with Gasteiger partial charge in [0.15, 0.2) is 0 Å². The summed E-state index contributed by atoms with van der Waals surface area (Å²) in [5, 5.41) is 12.9. The standard InChI is InChI=1S/C32H30ClF3N4O4S/c33-28-20-24(32(34,35)36)10-12-27(28)22-6-8-23(9-7-22)31(42)37-25-11-13-30(41)29(21-25)38-45(43,44)19-18-39-14-16-40(17-15-39)26-4-2-1-3-5-26/h1-13,20-21,38,41H,14-19H2,(H,37,42). The third-order valence-electron chi connectivity index (χ3n) is 7.44. The fourth-order valence-corrected chi connectivity index (χ4v) is 6.35. The predicted molar refractivity (Wildman–Crippen MR) is 170 cm³/mol. The fourth-order valence-electron chi connectivity index (χ4n) is 4.96. The van der Waals surface area contributed by atoms with Gasteiger partial charge < -0.3 is 15.3 Å². The molecule has 1 aliphatic heterocycles. The van der Waals surface area contributed by atoms with Crippen molar-refractivity contribution in [2.75, 3.05) is 53.4 Å². The van der Waals surface area contributed by atoms with Crippen molar-refractivity contribution in [2.24, 2.45) is 0 Å². The first-order valence-electron chi connectivity index (χ1n) is 14.0. The quantitative estimate of drug-likeness (QED) is 0.139. The molecule has 0 atom stereocenters. The number of phenols is 1. The van der Waals surface area contributed by atoms with Crippen LogP contribution in [0.15, 0.2) is 91.0 Å². The Hall–Kier alpha value is -4.26. The molecular formula is C32H30ClF3N4O4S. The second-order valence-corrected chi connectivity index (χ2v) is 12.8. The maximum Gasteiger partial charge on any atom is 0.416 e. The molecule has 236 valence electrons. The molecule has 1 heterocycles. The Balaban J connectivity index is 1.17. The highest BCUT2D eigenvalue weighted by Gasteiger charge is 2.31. The van der Waals surface area contributed by atoms with Gasteiger partial charge in [-0.05, 0) is 60.2 Å². The number of para-hydroxylation sites is 1. The van der Waals surface area contributed by atoms with E-state index in [0.717, 1.165) is 44.0 Å². The van der Waals surface area contributed by atoms with Crippen molar-refractivity contribution >= 4 is 44.6 Å². The molecule has 3 N–H and O–H groups in total. The van der Waals surface area contributed by atoms with Crippen molar-refractivity contribution in [3.05, 3.63) is 107 Å². The Morgan fingerprint density at radius 3 is 2.22 bits per heavy atom. The molecule has 45 heavy (non-hydrogen) atoms. The summed E-state index contributed by atoms with van der Waals surface area (Å²) in [6, 6.07) is 23.2. The van der Waals surface area contributed by atoms with Gasteiger partial charge in [0.2, 0.25) is 10.0 Å². The topological polar surface area (TPSA) is 102 Å². The van der Waals surface area contributed by atoms with Gasteiger partial charge in [-0.15, -0.1) is 0 Å². The van der Waals surface area contributed by atoms with Gasteiger partial charge in [0.1, 0.15) is 5.75 Å². The number of phenolic OH excluding ortho intramolecular Hbond substituents is 1. The highest BCUT2D eigenvalue weighted by molar-refractivity contribution is 7.92. The van der Waals surface area contributed by atoms with Crippen molar-refractivity contribution in [1.82, 2.24) is 4.90 Å². The third kappa shape index (κ3) is 8.27. The molecule has 1 amide bonds. The van der Waals surface area contributed by atoms with E-state index < -0.39 is 27.7 Å². The van der Waals surface area contributed by atoms with E-state index in [1.807, 2.05) is 30.3 Å². The molecule has 0 saturated carbocycles. The normalized spacial score (nSPS) is 14.3. The number of halogens is 4. The highest BCUT2D eigenvalue weighted by Crippen LogP contribution is 2.36. The van der Waals surface area contributed by atoms with Crippen LogP contribution in [0.5, 0.6) is 5.75 Å². The average molecular weight is 659 g/mol. The SMILES string of the molecule is O=C(Nc1ccc(O)c(NS(=O)(=O)CCN2CCN(c3ccccc3)CC2)c1)c1ccc(-c2ccc(C(F)(F)F)cc2Cl)cc1. The van der Waals surface area contributed by atoms with Gasteiger partial charge in [-0.25, -0.2) is 8.42 Å². The van der Waals surface area contributed by atoms with Crippen LogP contribution < -0.4 is 14.9 Å². The van der Waals surface area contributed by atoms with Crippen LogP contribution in [0, 0.1) is 0 Å². The number of carbonyl (C=O) groups excluding carboxylic acids is 1. The molecule has 13 heteroatoms. The van der Waals surface area contributed by atoms with E-state index >= 15 is 0 Å². The summed E-state index contributed by atoms with van der Waals surface area (Å²) in [6.45, 7) is 3.32. The Bertz CT molecular complexity index is 1760. The first-order valence-corrected chi connectivity index (χ1v) is 16.1. The summed E-state index contributed by atoms with van der Waals surface area (Å²) in [7, 11) is -3.82. The highest BCUT2D eigenvalue weighted by atomic mass is 35.5. The molecule has 4 aromatic carbocycles. The van der Waals surface area contributed by atoms with Crippen molar-refractivity contribution in [3.63, 3.8) is 0 Å². The molecule has 0 bridgehead atoms. The number of piperazine rings is 1. The van der Waals surface area contributed by atoms with E-state index in [2.05, 4.69) is 19.8 Å². The number of nitrogens with one attached hydrogen (secondary N) is 2. The summed E-state index contributed by atoms with van der Waals surface area (Å²) < 4.78 is 67.0. The first-order chi connectivity index (χ1) is 21.4. The summed E-state index contributed by atoms with van der Waals surface area (Å²) in [5.74, 6) is -0.996. The van der Waals surface area contributed by atoms with E-state index in [4.69, 9.17) is 11.6 Å². The zero-order chi connectivity index (χ0) is 32.2. The van der Waals surface area contributed by atoms with E-state index in [0.29, 0.717) is 17.7 Å². The van der Waals surface area contributed by atoms with Gasteiger partial charge in [0.25, 0.3) is 5.91 Å². The van der Waals surface area contributed by atoms with Crippen LogP contribution >= 0.6 is 11.6 Å². The molecule has 0 aromatic heterocycles. The Kier molecular flexibility index (Phi) is 9.56. The smallest absolute Gasteiger partial charge is 0.416 e. The van der Waals surface area contributed by atoms with Gasteiger partial charge in [-0.3, -0.25) is 14.4 Å². The van der Waals surface area contributed by atoms with Crippen LogP contribution in [0.1, 0.15) is 15.9 Å². The zero-order valence-corrected chi connectivity index (χ0v) is 25.5. The summed E-state index contributed by atoms with van der Waals surface area (Å²) in [5.41, 5.74) is 1.57. The van der Waals surface area contributed by atoms with E-state index in [1.54, 1.807) is 12.1 Å². The molecule has 5 rings (SSSR count). The van der Waals surface area contributed by atoms with Gasteiger partial charge >= 0.3 is 6.18 Å². The summed E-state index contributed by atoms with van der Waals surface area (Å²) in [6.07, 6.45) is -4.52. The lowest BCUT2D eigenvalue weighted by Gasteiger charge is -2.36. The van der Waals surface area contributed by atoms with Crippen molar-refractivity contribution in [1.29, 1.82) is 0 Å². The number of sulfonamides is 1. The van der Waals surface area contributed by atoms with Crippen molar-refractivity contribution in [3.8, 4) is 16.9 Å². The number of carbonyl (C=O) groups is 1. The zero-order valence-electron chi connectivity index (χ0n) is 23.9. The van der Waals surface area contributed by atoms with E-state index in [9.17, 15) is 31.5 Å². The second kappa shape index (κ2) is 13.4. The lowest BCUT2D eigenvalue weighted by atomic mass is 10.0. The minimum Gasteiger partial charge on any atom is -0.506 e. The van der Waals surface area contributed by atoms with Crippen molar-refractivity contribution in [2.45, 2.75) is 6.18 Å². The van der Waals surface area contributed by atoms with Crippen LogP contribution in [-0.4, -0.2) is 62.8 Å². The lowest BCUT2D eigenvalue weighted by Crippen LogP contribution is -2.47. The number of hydrogen-bond acceptors (Lipinski definition) is 6. The minimum atomic E-state index is -4.52. The Morgan fingerprint density at radius 2 is 1.58 bits per heavy atom. The number of alkyl halides is 3. The molecular weight excluding hydrogens is 629 g/mol. The molecule has 1 saturated heterocycles.